The first-order chi connectivity index (χ1) is 10.5. The molecule has 2 heterocycles. The van der Waals surface area contributed by atoms with Crippen LogP contribution in [0.2, 0.25) is 0 Å². The standard InChI is InChI=1S/C15H17N3O2S2/c16-22(19,20)14-11-17-15(21-14)18-8-6-13(7-9-18)10-12-4-2-1-3-5-12/h1-5,10-11H,6-9H2,(H2,16,19,20). The minimum absolute atomic E-state index is 0.119. The Morgan fingerprint density at radius 2 is 1.86 bits per heavy atom. The average molecular weight is 335 g/mol. The van der Waals surface area contributed by atoms with E-state index in [9.17, 15) is 8.42 Å². The van der Waals surface area contributed by atoms with Crippen molar-refractivity contribution in [3.8, 4) is 0 Å². The predicted molar refractivity (Wildman–Crippen MR) is 89.4 cm³/mol. The number of hydrogen-bond acceptors (Lipinski definition) is 5. The Kier molecular flexibility index (Phi) is 4.28. The lowest BCUT2D eigenvalue weighted by atomic mass is 10.0. The molecule has 0 bridgehead atoms. The van der Waals surface area contributed by atoms with E-state index in [1.165, 1.54) is 17.3 Å². The summed E-state index contributed by atoms with van der Waals surface area (Å²) in [5.41, 5.74) is 2.63. The number of hydrogen-bond donors (Lipinski definition) is 1. The number of aromatic nitrogens is 1. The number of primary sulfonamides is 1. The third-order valence-electron chi connectivity index (χ3n) is 3.60. The summed E-state index contributed by atoms with van der Waals surface area (Å²) >= 11 is 1.13. The first-order valence-corrected chi connectivity index (χ1v) is 9.37. The van der Waals surface area contributed by atoms with Crippen molar-refractivity contribution in [2.45, 2.75) is 17.1 Å². The Morgan fingerprint density at radius 1 is 1.18 bits per heavy atom. The van der Waals surface area contributed by atoms with Gasteiger partial charge < -0.3 is 4.90 Å². The largest absolute Gasteiger partial charge is 0.347 e. The molecule has 22 heavy (non-hydrogen) atoms. The summed E-state index contributed by atoms with van der Waals surface area (Å²) in [6.07, 6.45) is 5.48. The van der Waals surface area contributed by atoms with Gasteiger partial charge in [-0.15, -0.1) is 0 Å². The molecular formula is C15H17N3O2S2. The molecule has 1 aromatic carbocycles. The quantitative estimate of drug-likeness (QED) is 0.935. The van der Waals surface area contributed by atoms with E-state index in [4.69, 9.17) is 5.14 Å². The van der Waals surface area contributed by atoms with Crippen LogP contribution in [0, 0.1) is 0 Å². The molecule has 3 rings (SSSR count). The van der Waals surface area contributed by atoms with Crippen LogP contribution in [0.4, 0.5) is 5.13 Å². The summed E-state index contributed by atoms with van der Waals surface area (Å²) in [6.45, 7) is 1.69. The smallest absolute Gasteiger partial charge is 0.249 e. The van der Waals surface area contributed by atoms with Crippen molar-refractivity contribution in [3.05, 3.63) is 47.7 Å². The number of nitrogens with two attached hydrogens (primary N) is 1. The molecular weight excluding hydrogens is 318 g/mol. The lowest BCUT2D eigenvalue weighted by Gasteiger charge is -2.28. The Morgan fingerprint density at radius 3 is 2.45 bits per heavy atom. The van der Waals surface area contributed by atoms with E-state index in [-0.39, 0.29) is 4.21 Å². The van der Waals surface area contributed by atoms with Crippen LogP contribution < -0.4 is 10.0 Å². The normalized spacial score (nSPS) is 15.9. The topological polar surface area (TPSA) is 76.3 Å². The Hall–Kier alpha value is -1.70. The van der Waals surface area contributed by atoms with Crippen LogP contribution in [-0.2, 0) is 10.0 Å². The summed E-state index contributed by atoms with van der Waals surface area (Å²) in [4.78, 5) is 6.29. The highest BCUT2D eigenvalue weighted by atomic mass is 32.2. The number of rotatable bonds is 3. The van der Waals surface area contributed by atoms with Gasteiger partial charge in [0.15, 0.2) is 9.34 Å². The van der Waals surface area contributed by atoms with Crippen molar-refractivity contribution in [1.29, 1.82) is 0 Å². The molecule has 1 aliphatic rings. The maximum atomic E-state index is 11.3. The molecule has 0 atom stereocenters. The molecule has 1 aliphatic heterocycles. The molecule has 2 N–H and O–H groups in total. The fourth-order valence-electron chi connectivity index (χ4n) is 2.44. The maximum Gasteiger partial charge on any atom is 0.249 e. The zero-order valence-corrected chi connectivity index (χ0v) is 13.6. The highest BCUT2D eigenvalue weighted by Gasteiger charge is 2.20. The zero-order valence-electron chi connectivity index (χ0n) is 12.0. The maximum absolute atomic E-state index is 11.3. The first kappa shape index (κ1) is 15.2. The summed E-state index contributed by atoms with van der Waals surface area (Å²) < 4.78 is 22.7. The van der Waals surface area contributed by atoms with Gasteiger partial charge >= 0.3 is 0 Å². The van der Waals surface area contributed by atoms with E-state index in [2.05, 4.69) is 28.1 Å². The van der Waals surface area contributed by atoms with Crippen molar-refractivity contribution < 1.29 is 8.42 Å². The van der Waals surface area contributed by atoms with Crippen molar-refractivity contribution in [3.63, 3.8) is 0 Å². The zero-order chi connectivity index (χ0) is 15.6. The molecule has 0 amide bonds. The summed E-state index contributed by atoms with van der Waals surface area (Å²) in [7, 11) is -3.65. The van der Waals surface area contributed by atoms with Crippen molar-refractivity contribution in [2.75, 3.05) is 18.0 Å². The van der Waals surface area contributed by atoms with E-state index in [1.54, 1.807) is 0 Å². The second kappa shape index (κ2) is 6.20. The van der Waals surface area contributed by atoms with Gasteiger partial charge in [0.1, 0.15) is 0 Å². The molecule has 1 aromatic heterocycles. The van der Waals surface area contributed by atoms with Crippen LogP contribution in [0.15, 0.2) is 46.3 Å². The highest BCUT2D eigenvalue weighted by Crippen LogP contribution is 2.29. The van der Waals surface area contributed by atoms with Crippen LogP contribution in [0.5, 0.6) is 0 Å². The fraction of sp³-hybridized carbons (Fsp3) is 0.267. The fourth-order valence-corrected chi connectivity index (χ4v) is 4.03. The average Bonchev–Trinajstić information content (AvgIpc) is 2.99. The van der Waals surface area contributed by atoms with E-state index in [0.717, 1.165) is 42.4 Å². The molecule has 5 nitrogen and oxygen atoms in total. The van der Waals surface area contributed by atoms with E-state index in [1.807, 2.05) is 18.2 Å². The highest BCUT2D eigenvalue weighted by molar-refractivity contribution is 7.91. The second-order valence-corrected chi connectivity index (χ2v) is 8.00. The number of benzene rings is 1. The molecule has 7 heteroatoms. The van der Waals surface area contributed by atoms with Crippen LogP contribution in [-0.4, -0.2) is 26.5 Å². The molecule has 1 saturated heterocycles. The van der Waals surface area contributed by atoms with Crippen molar-refractivity contribution >= 4 is 32.6 Å². The molecule has 116 valence electrons. The summed E-state index contributed by atoms with van der Waals surface area (Å²) in [6, 6.07) is 10.3. The number of sulfonamides is 1. The first-order valence-electron chi connectivity index (χ1n) is 7.00. The molecule has 2 aromatic rings. The SMILES string of the molecule is NS(=O)(=O)c1cnc(N2CCC(=Cc3ccccc3)CC2)s1. The molecule has 0 spiro atoms. The minimum atomic E-state index is -3.65. The van der Waals surface area contributed by atoms with Gasteiger partial charge in [-0.25, -0.2) is 18.5 Å². The van der Waals surface area contributed by atoms with Crippen LogP contribution in [0.3, 0.4) is 0 Å². The van der Waals surface area contributed by atoms with Crippen LogP contribution >= 0.6 is 11.3 Å². The van der Waals surface area contributed by atoms with Crippen LogP contribution in [0.1, 0.15) is 18.4 Å². The van der Waals surface area contributed by atoms with E-state index in [0.29, 0.717) is 0 Å². The predicted octanol–water partition coefficient (Wildman–Crippen LogP) is 2.47. The third kappa shape index (κ3) is 3.55. The minimum Gasteiger partial charge on any atom is -0.347 e. The van der Waals surface area contributed by atoms with E-state index < -0.39 is 10.0 Å². The van der Waals surface area contributed by atoms with Gasteiger partial charge in [-0.3, -0.25) is 0 Å². The number of thiazole rings is 1. The molecule has 0 radical (unpaired) electrons. The monoisotopic (exact) mass is 335 g/mol. The van der Waals surface area contributed by atoms with Crippen LogP contribution in [0.25, 0.3) is 6.08 Å². The van der Waals surface area contributed by atoms with Gasteiger partial charge in [0.2, 0.25) is 10.0 Å². The number of anilines is 1. The summed E-state index contributed by atoms with van der Waals surface area (Å²) in [5, 5.41) is 5.85. The van der Waals surface area contributed by atoms with Gasteiger partial charge in [-0.1, -0.05) is 53.3 Å². The number of piperidine rings is 1. The van der Waals surface area contributed by atoms with Gasteiger partial charge in [0.05, 0.1) is 6.20 Å². The third-order valence-corrected chi connectivity index (χ3v) is 6.07. The van der Waals surface area contributed by atoms with Gasteiger partial charge in [-0.2, -0.15) is 0 Å². The second-order valence-electron chi connectivity index (χ2n) is 5.21. The molecule has 0 aliphatic carbocycles. The van der Waals surface area contributed by atoms with Crippen molar-refractivity contribution in [2.24, 2.45) is 5.14 Å². The van der Waals surface area contributed by atoms with Gasteiger partial charge in [0, 0.05) is 13.1 Å². The molecule has 0 unspecified atom stereocenters. The summed E-state index contributed by atoms with van der Waals surface area (Å²) in [5.74, 6) is 0. The van der Waals surface area contributed by atoms with Gasteiger partial charge in [0.25, 0.3) is 0 Å². The lowest BCUT2D eigenvalue weighted by Crippen LogP contribution is -2.30. The Labute approximate surface area is 134 Å². The van der Waals surface area contributed by atoms with Gasteiger partial charge in [-0.05, 0) is 18.4 Å². The Balaban J connectivity index is 1.67. The Bertz CT molecular complexity index is 772. The molecule has 1 fully saturated rings. The van der Waals surface area contributed by atoms with Crippen molar-refractivity contribution in [1.82, 2.24) is 4.98 Å². The lowest BCUT2D eigenvalue weighted by molar-refractivity contribution is 0.599. The number of nitrogens with zero attached hydrogens (tertiary/aromatic N) is 2. The van der Waals surface area contributed by atoms with E-state index >= 15 is 0 Å². The molecule has 0 saturated carbocycles.